The van der Waals surface area contributed by atoms with E-state index in [1.165, 1.54) is 11.8 Å². The monoisotopic (exact) mass is 469 g/mol. The van der Waals surface area contributed by atoms with Crippen molar-refractivity contribution in [2.45, 2.75) is 103 Å². The molecule has 0 saturated carbocycles. The molecule has 2 saturated heterocycles. The Bertz CT molecular complexity index is 752. The van der Waals surface area contributed by atoms with Crippen LogP contribution in [0.1, 0.15) is 68.2 Å². The van der Waals surface area contributed by atoms with Gasteiger partial charge in [-0.05, 0) is 68.1 Å². The Morgan fingerprint density at radius 3 is 2.24 bits per heavy atom. The highest BCUT2D eigenvalue weighted by Gasteiger charge is 2.53. The van der Waals surface area contributed by atoms with Gasteiger partial charge in [-0.1, -0.05) is 6.42 Å². The molecule has 2 amide bonds. The van der Waals surface area contributed by atoms with Crippen molar-refractivity contribution in [1.82, 2.24) is 10.2 Å². The van der Waals surface area contributed by atoms with E-state index < -0.39 is 52.3 Å². The van der Waals surface area contributed by atoms with Gasteiger partial charge in [0.15, 0.2) is 0 Å². The smallest absolute Gasteiger partial charge is 0.457 e. The molecule has 2 aliphatic heterocycles. The van der Waals surface area contributed by atoms with Gasteiger partial charge in [0, 0.05) is 19.0 Å². The minimum Gasteiger partial charge on any atom is -0.480 e. The average molecular weight is 469 g/mol. The summed E-state index contributed by atoms with van der Waals surface area (Å²) in [5, 5.41) is 12.3. The predicted molar refractivity (Wildman–Crippen MR) is 124 cm³/mol. The van der Waals surface area contributed by atoms with Crippen molar-refractivity contribution < 1.29 is 33.5 Å². The van der Waals surface area contributed by atoms with Crippen LogP contribution in [0, 0.1) is 5.92 Å². The molecule has 3 atom stereocenters. The molecule has 0 aromatic heterocycles. The summed E-state index contributed by atoms with van der Waals surface area (Å²) in [5.41, 5.74) is 3.16. The lowest BCUT2D eigenvalue weighted by Gasteiger charge is -2.32. The van der Waals surface area contributed by atoms with Crippen molar-refractivity contribution in [3.8, 4) is 0 Å². The maximum absolute atomic E-state index is 12.9. The molecule has 4 N–H and O–H groups in total. The number of nitrogens with zero attached hydrogens (tertiary/aromatic N) is 1. The molecule has 0 bridgehead atoms. The van der Waals surface area contributed by atoms with Gasteiger partial charge in [0.2, 0.25) is 5.91 Å². The van der Waals surface area contributed by atoms with E-state index in [0.717, 1.165) is 0 Å². The Hall–Kier alpha value is -1.85. The number of ether oxygens (including phenoxy) is 1. The highest BCUT2D eigenvalue weighted by atomic mass is 16.7. The molecule has 2 aliphatic rings. The number of nitrogens with two attached hydrogens (primary N) is 1. The zero-order chi connectivity index (χ0) is 25.4. The first-order valence-corrected chi connectivity index (χ1v) is 11.5. The molecule has 0 radical (unpaired) electrons. The minimum absolute atomic E-state index is 0.122. The molecule has 11 heteroatoms. The first-order valence-electron chi connectivity index (χ1n) is 11.5. The molecule has 0 unspecified atom stereocenters. The molecular weight excluding hydrogens is 429 g/mol. The van der Waals surface area contributed by atoms with Gasteiger partial charge >= 0.3 is 19.2 Å². The van der Waals surface area contributed by atoms with E-state index in [0.29, 0.717) is 19.2 Å². The average Bonchev–Trinajstić information content (AvgIpc) is 3.06. The summed E-state index contributed by atoms with van der Waals surface area (Å²) in [7, 11) is -0.371. The summed E-state index contributed by atoms with van der Waals surface area (Å²) in [6, 6.07) is -0.874. The summed E-state index contributed by atoms with van der Waals surface area (Å²) < 4.78 is 17.2. The van der Waals surface area contributed by atoms with Crippen LogP contribution in [0.3, 0.4) is 0 Å². The number of carbonyl (C=O) groups excluding carboxylic acids is 2. The lowest BCUT2D eigenvalue weighted by molar-refractivity contribution is -0.144. The molecule has 188 valence electrons. The first kappa shape index (κ1) is 27.4. The summed E-state index contributed by atoms with van der Waals surface area (Å²) in [6.07, 6.45) is 1.04. The van der Waals surface area contributed by atoms with Crippen LogP contribution in [0.4, 0.5) is 4.79 Å². The number of hydrogen-bond acceptors (Lipinski definition) is 7. The van der Waals surface area contributed by atoms with E-state index in [1.807, 2.05) is 27.7 Å². The molecule has 0 aromatic carbocycles. The Morgan fingerprint density at radius 2 is 1.76 bits per heavy atom. The number of rotatable bonds is 7. The summed E-state index contributed by atoms with van der Waals surface area (Å²) in [6.45, 7) is 14.7. The highest BCUT2D eigenvalue weighted by molar-refractivity contribution is 6.45. The van der Waals surface area contributed by atoms with Crippen LogP contribution in [0.5, 0.6) is 0 Å². The fourth-order valence-corrected chi connectivity index (χ4v) is 4.13. The first-order chi connectivity index (χ1) is 14.9. The van der Waals surface area contributed by atoms with Gasteiger partial charge in [0.1, 0.15) is 17.2 Å². The Balaban J connectivity index is 1.96. The second-order valence-corrected chi connectivity index (χ2v) is 11.2. The number of amides is 2. The van der Waals surface area contributed by atoms with Gasteiger partial charge in [0.25, 0.3) is 0 Å². The van der Waals surface area contributed by atoms with Gasteiger partial charge in [0.05, 0.1) is 11.2 Å². The van der Waals surface area contributed by atoms with E-state index >= 15 is 0 Å². The van der Waals surface area contributed by atoms with Crippen LogP contribution in [0.15, 0.2) is 0 Å². The van der Waals surface area contributed by atoms with Gasteiger partial charge in [-0.3, -0.25) is 9.59 Å². The van der Waals surface area contributed by atoms with E-state index in [4.69, 9.17) is 19.8 Å². The highest BCUT2D eigenvalue weighted by Crippen LogP contribution is 2.39. The quantitative estimate of drug-likeness (QED) is 0.481. The second-order valence-electron chi connectivity index (χ2n) is 11.2. The number of alkyl carbamates (subject to hydrolysis) is 1. The summed E-state index contributed by atoms with van der Waals surface area (Å²) in [5.74, 6) is -1.98. The number of likely N-dealkylation sites (tertiary alicyclic amines) is 1. The van der Waals surface area contributed by atoms with Gasteiger partial charge in [-0.15, -0.1) is 0 Å². The van der Waals surface area contributed by atoms with Crippen molar-refractivity contribution in [1.29, 1.82) is 0 Å². The SMILES string of the molecule is C[C@H](NC(=O)OC(C)(C)C)C(=O)N1C[C@H](CCCB2OC(C)(C)C(C)(C)O2)[C@](N)(C(=O)O)C1. The third-order valence-electron chi connectivity index (χ3n) is 6.73. The Morgan fingerprint density at radius 1 is 1.21 bits per heavy atom. The second kappa shape index (κ2) is 9.42. The van der Waals surface area contributed by atoms with Gasteiger partial charge < -0.3 is 35.1 Å². The summed E-state index contributed by atoms with van der Waals surface area (Å²) >= 11 is 0. The molecule has 10 nitrogen and oxygen atoms in total. The van der Waals surface area contributed by atoms with Crippen LogP contribution >= 0.6 is 0 Å². The van der Waals surface area contributed by atoms with Crippen molar-refractivity contribution in [3.05, 3.63) is 0 Å². The molecule has 0 aromatic rings. The molecule has 33 heavy (non-hydrogen) atoms. The number of aliphatic carboxylic acids is 1. The topological polar surface area (TPSA) is 140 Å². The van der Waals surface area contributed by atoms with Crippen molar-refractivity contribution >= 4 is 25.1 Å². The van der Waals surface area contributed by atoms with Crippen molar-refractivity contribution in [2.75, 3.05) is 13.1 Å². The maximum Gasteiger partial charge on any atom is 0.457 e. The van der Waals surface area contributed by atoms with Crippen molar-refractivity contribution in [3.63, 3.8) is 0 Å². The van der Waals surface area contributed by atoms with Crippen molar-refractivity contribution in [2.24, 2.45) is 11.7 Å². The zero-order valence-corrected chi connectivity index (χ0v) is 21.2. The van der Waals surface area contributed by atoms with E-state index in [-0.39, 0.29) is 20.2 Å². The fraction of sp³-hybridized carbons (Fsp3) is 0.864. The Kier molecular flexibility index (Phi) is 7.82. The third kappa shape index (κ3) is 6.39. The van der Waals surface area contributed by atoms with Gasteiger partial charge in [-0.25, -0.2) is 4.79 Å². The normalized spacial score (nSPS) is 27.4. The molecular formula is C22H40BN3O7. The zero-order valence-electron chi connectivity index (χ0n) is 21.2. The van der Waals surface area contributed by atoms with E-state index in [2.05, 4.69) is 5.32 Å². The van der Waals surface area contributed by atoms with Crippen LogP contribution in [0.25, 0.3) is 0 Å². The molecule has 2 heterocycles. The lowest BCUT2D eigenvalue weighted by Crippen LogP contribution is -2.55. The van der Waals surface area contributed by atoms with Crippen LogP contribution in [-0.4, -0.2) is 76.6 Å². The molecule has 2 rings (SSSR count). The minimum atomic E-state index is -1.56. The number of nitrogens with one attached hydrogen (secondary N) is 1. The van der Waals surface area contributed by atoms with E-state index in [9.17, 15) is 19.5 Å². The molecule has 0 aliphatic carbocycles. The maximum atomic E-state index is 12.9. The number of carboxylic acid groups (broad SMARTS) is 1. The number of hydrogen-bond donors (Lipinski definition) is 3. The van der Waals surface area contributed by atoms with Crippen LogP contribution < -0.4 is 11.1 Å². The van der Waals surface area contributed by atoms with Crippen LogP contribution in [-0.2, 0) is 23.6 Å². The van der Waals surface area contributed by atoms with Crippen LogP contribution in [0.2, 0.25) is 6.32 Å². The Labute approximate surface area is 197 Å². The van der Waals surface area contributed by atoms with Gasteiger partial charge in [-0.2, -0.15) is 0 Å². The predicted octanol–water partition coefficient (Wildman–Crippen LogP) is 2.01. The number of carbonyl (C=O) groups is 3. The third-order valence-corrected chi connectivity index (χ3v) is 6.73. The lowest BCUT2D eigenvalue weighted by atomic mass is 9.78. The number of carboxylic acids is 1. The van der Waals surface area contributed by atoms with E-state index in [1.54, 1.807) is 20.8 Å². The fourth-order valence-electron chi connectivity index (χ4n) is 4.13. The largest absolute Gasteiger partial charge is 0.480 e. The summed E-state index contributed by atoms with van der Waals surface area (Å²) in [4.78, 5) is 38.3. The standard InChI is InChI=1S/C22H40BN3O7/c1-14(25-18(30)31-19(2,3)4)16(27)26-12-15(22(24,13-26)17(28)29)10-9-11-23-32-20(5,6)21(7,8)33-23/h14-15H,9-13,24H2,1-8H3,(H,25,30)(H,28,29)/t14-,15-,22-/m0/s1. The molecule has 2 fully saturated rings. The molecule has 0 spiro atoms.